The van der Waals surface area contributed by atoms with Gasteiger partial charge in [0.1, 0.15) is 22.7 Å². The molecule has 0 saturated carbocycles. The van der Waals surface area contributed by atoms with Gasteiger partial charge in [0.15, 0.2) is 0 Å². The van der Waals surface area contributed by atoms with E-state index >= 15 is 0 Å². The molecule has 37 heavy (non-hydrogen) atoms. The number of halogens is 3. The SMILES string of the molecule is CCCc1nc(N2CCN(C(=O)Nc3cccc(C(F)(F)F)c3)CC2)c2c(-c3ccccc3)noc2n1. The maximum absolute atomic E-state index is 13.0. The van der Waals surface area contributed by atoms with Crippen LogP contribution in [-0.4, -0.2) is 52.2 Å². The summed E-state index contributed by atoms with van der Waals surface area (Å²) in [5.41, 5.74) is 1.23. The van der Waals surface area contributed by atoms with Gasteiger partial charge in [-0.05, 0) is 24.6 Å². The van der Waals surface area contributed by atoms with Crippen LogP contribution < -0.4 is 10.2 Å². The van der Waals surface area contributed by atoms with E-state index in [-0.39, 0.29) is 5.69 Å². The minimum Gasteiger partial charge on any atom is -0.352 e. The second-order valence-electron chi connectivity index (χ2n) is 8.77. The largest absolute Gasteiger partial charge is 0.416 e. The third-order valence-corrected chi connectivity index (χ3v) is 6.19. The highest BCUT2D eigenvalue weighted by Crippen LogP contribution is 2.34. The number of rotatable bonds is 5. The zero-order valence-corrected chi connectivity index (χ0v) is 20.1. The molecule has 1 saturated heterocycles. The van der Waals surface area contributed by atoms with Gasteiger partial charge in [-0.3, -0.25) is 0 Å². The van der Waals surface area contributed by atoms with Crippen LogP contribution in [0.1, 0.15) is 24.7 Å². The number of alkyl halides is 3. The van der Waals surface area contributed by atoms with Crippen LogP contribution in [0.2, 0.25) is 0 Å². The third kappa shape index (κ3) is 5.20. The lowest BCUT2D eigenvalue weighted by Crippen LogP contribution is -2.50. The molecule has 2 aromatic carbocycles. The van der Waals surface area contributed by atoms with E-state index in [0.717, 1.165) is 24.1 Å². The quantitative estimate of drug-likeness (QED) is 0.376. The van der Waals surface area contributed by atoms with Crippen LogP contribution >= 0.6 is 0 Å². The van der Waals surface area contributed by atoms with Crippen LogP contribution in [0.15, 0.2) is 59.1 Å². The molecule has 0 radical (unpaired) electrons. The third-order valence-electron chi connectivity index (χ3n) is 6.19. The lowest BCUT2D eigenvalue weighted by molar-refractivity contribution is -0.137. The van der Waals surface area contributed by atoms with Gasteiger partial charge in [-0.2, -0.15) is 18.2 Å². The number of nitrogens with one attached hydrogen (secondary N) is 1. The van der Waals surface area contributed by atoms with Crippen molar-refractivity contribution in [2.24, 2.45) is 0 Å². The second kappa shape index (κ2) is 10.1. The molecule has 8 nitrogen and oxygen atoms in total. The summed E-state index contributed by atoms with van der Waals surface area (Å²) >= 11 is 0. The maximum Gasteiger partial charge on any atom is 0.416 e. The number of aryl methyl sites for hydroxylation is 1. The van der Waals surface area contributed by atoms with E-state index in [1.807, 2.05) is 37.3 Å². The number of hydrogen-bond acceptors (Lipinski definition) is 6. The standard InChI is InChI=1S/C26H25F3N6O2/c1-2-7-20-31-23(21-22(33-37-24(21)32-20)17-8-4-3-5-9-17)34-12-14-35(15-13-34)25(36)30-19-11-6-10-18(16-19)26(27,28)29/h3-6,8-11,16H,2,7,12-15H2,1H3,(H,30,36). The molecule has 1 N–H and O–H groups in total. The zero-order chi connectivity index (χ0) is 26.0. The Hall–Kier alpha value is -4.15. The lowest BCUT2D eigenvalue weighted by atomic mass is 10.1. The highest BCUT2D eigenvalue weighted by atomic mass is 19.4. The van der Waals surface area contributed by atoms with Crippen LogP contribution in [0.4, 0.5) is 29.5 Å². The number of carbonyl (C=O) groups excluding carboxylic acids is 1. The molecule has 1 aliphatic heterocycles. The van der Waals surface area contributed by atoms with Crippen molar-refractivity contribution in [1.82, 2.24) is 20.0 Å². The molecule has 0 atom stereocenters. The van der Waals surface area contributed by atoms with Gasteiger partial charge in [0, 0.05) is 43.9 Å². The summed E-state index contributed by atoms with van der Waals surface area (Å²) in [6.45, 7) is 3.74. The van der Waals surface area contributed by atoms with Crippen LogP contribution in [-0.2, 0) is 12.6 Å². The predicted molar refractivity (Wildman–Crippen MR) is 133 cm³/mol. The first-order chi connectivity index (χ1) is 17.8. The minimum atomic E-state index is -4.48. The number of hydrogen-bond donors (Lipinski definition) is 1. The molecule has 192 valence electrons. The van der Waals surface area contributed by atoms with Gasteiger partial charge >= 0.3 is 12.2 Å². The van der Waals surface area contributed by atoms with E-state index in [1.165, 1.54) is 12.1 Å². The molecular weight excluding hydrogens is 485 g/mol. The summed E-state index contributed by atoms with van der Waals surface area (Å²) in [5, 5.41) is 7.57. The number of fused-ring (bicyclic) bond motifs is 1. The average molecular weight is 511 g/mol. The van der Waals surface area contributed by atoms with Gasteiger partial charge in [-0.15, -0.1) is 0 Å². The molecule has 2 aromatic heterocycles. The Morgan fingerprint density at radius 3 is 2.49 bits per heavy atom. The number of aromatic nitrogens is 3. The Kier molecular flexibility index (Phi) is 6.68. The fourth-order valence-corrected chi connectivity index (χ4v) is 4.33. The fourth-order valence-electron chi connectivity index (χ4n) is 4.33. The van der Waals surface area contributed by atoms with Crippen molar-refractivity contribution >= 4 is 28.6 Å². The molecule has 2 amide bonds. The van der Waals surface area contributed by atoms with E-state index < -0.39 is 17.8 Å². The fraction of sp³-hybridized carbons (Fsp3) is 0.308. The van der Waals surface area contributed by atoms with E-state index in [1.54, 1.807) is 4.90 Å². The highest BCUT2D eigenvalue weighted by Gasteiger charge is 2.31. The Morgan fingerprint density at radius 2 is 1.78 bits per heavy atom. The predicted octanol–water partition coefficient (Wildman–Crippen LogP) is 5.61. The zero-order valence-electron chi connectivity index (χ0n) is 20.1. The number of anilines is 2. The first kappa shape index (κ1) is 24.5. The molecule has 0 aliphatic carbocycles. The van der Waals surface area contributed by atoms with Gasteiger partial charge in [-0.1, -0.05) is 48.5 Å². The number of carbonyl (C=O) groups is 1. The summed E-state index contributed by atoms with van der Waals surface area (Å²) in [4.78, 5) is 25.8. The Morgan fingerprint density at radius 1 is 1.03 bits per heavy atom. The van der Waals surface area contributed by atoms with Crippen molar-refractivity contribution in [3.63, 3.8) is 0 Å². The highest BCUT2D eigenvalue weighted by molar-refractivity contribution is 5.98. The summed E-state index contributed by atoms with van der Waals surface area (Å²) in [6, 6.07) is 13.8. The van der Waals surface area contributed by atoms with Crippen LogP contribution in [0.5, 0.6) is 0 Å². The van der Waals surface area contributed by atoms with Crippen LogP contribution in [0, 0.1) is 0 Å². The maximum atomic E-state index is 13.0. The van der Waals surface area contributed by atoms with E-state index in [4.69, 9.17) is 9.51 Å². The van der Waals surface area contributed by atoms with Crippen molar-refractivity contribution in [1.29, 1.82) is 0 Å². The molecule has 4 aromatic rings. The summed E-state index contributed by atoms with van der Waals surface area (Å²) in [7, 11) is 0. The molecule has 5 rings (SSSR count). The Bertz CT molecular complexity index is 1400. The molecule has 0 bridgehead atoms. The van der Waals surface area contributed by atoms with Crippen LogP contribution in [0.3, 0.4) is 0 Å². The molecule has 0 spiro atoms. The van der Waals surface area contributed by atoms with Crippen molar-refractivity contribution in [2.45, 2.75) is 25.9 Å². The summed E-state index contributed by atoms with van der Waals surface area (Å²) in [6.07, 6.45) is -2.93. The molecular formula is C26H25F3N6O2. The number of benzene rings is 2. The lowest BCUT2D eigenvalue weighted by Gasteiger charge is -2.35. The second-order valence-corrected chi connectivity index (χ2v) is 8.77. The van der Waals surface area contributed by atoms with Gasteiger partial charge in [0.2, 0.25) is 0 Å². The van der Waals surface area contributed by atoms with Gasteiger partial charge in [-0.25, -0.2) is 9.78 Å². The smallest absolute Gasteiger partial charge is 0.352 e. The Balaban J connectivity index is 1.36. The minimum absolute atomic E-state index is 0.0981. The topological polar surface area (TPSA) is 87.4 Å². The van der Waals surface area contributed by atoms with Crippen LogP contribution in [0.25, 0.3) is 22.4 Å². The Labute approximate surface area is 211 Å². The van der Waals surface area contributed by atoms with Gasteiger partial charge in [0.25, 0.3) is 5.71 Å². The van der Waals surface area contributed by atoms with Crippen molar-refractivity contribution in [2.75, 3.05) is 36.4 Å². The first-order valence-electron chi connectivity index (χ1n) is 12.0. The molecule has 0 unspecified atom stereocenters. The number of piperazine rings is 1. The van der Waals surface area contributed by atoms with E-state index in [2.05, 4.69) is 20.4 Å². The number of nitrogens with zero attached hydrogens (tertiary/aromatic N) is 5. The summed E-state index contributed by atoms with van der Waals surface area (Å²) in [5.74, 6) is 1.36. The normalized spacial score (nSPS) is 14.3. The van der Waals surface area contributed by atoms with Crippen molar-refractivity contribution in [3.8, 4) is 11.3 Å². The van der Waals surface area contributed by atoms with Gasteiger partial charge < -0.3 is 19.6 Å². The van der Waals surface area contributed by atoms with E-state index in [0.29, 0.717) is 61.0 Å². The van der Waals surface area contributed by atoms with E-state index in [9.17, 15) is 18.0 Å². The number of amides is 2. The molecule has 11 heteroatoms. The summed E-state index contributed by atoms with van der Waals surface area (Å²) < 4.78 is 44.6. The molecule has 1 fully saturated rings. The molecule has 3 heterocycles. The average Bonchev–Trinajstić information content (AvgIpc) is 3.33. The number of urea groups is 1. The monoisotopic (exact) mass is 510 g/mol. The van der Waals surface area contributed by atoms with Crippen molar-refractivity contribution < 1.29 is 22.5 Å². The van der Waals surface area contributed by atoms with Gasteiger partial charge in [0.05, 0.1) is 5.56 Å². The first-order valence-corrected chi connectivity index (χ1v) is 12.0. The van der Waals surface area contributed by atoms with Crippen molar-refractivity contribution in [3.05, 3.63) is 66.0 Å². The molecule has 1 aliphatic rings.